The number of carboxylic acids is 1. The molecule has 0 aromatic carbocycles. The smallest absolute Gasteiger partial charge is 0.303 e. The standard InChI is InChI=1S/C10H20O2.C4H11NO/c1-2-3-4-5-6-7-8-9-10(11)12;1-4(6)5(2)3/h2-9H2,1H3,(H,11,12);4,6H,1-3H3. The third kappa shape index (κ3) is 20.8. The van der Waals surface area contributed by atoms with Gasteiger partial charge in [-0.05, 0) is 27.4 Å². The number of carbonyl (C=O) groups is 1. The molecule has 0 spiro atoms. The van der Waals surface area contributed by atoms with E-state index < -0.39 is 5.97 Å². The fraction of sp³-hybridized carbons (Fsp3) is 0.929. The van der Waals surface area contributed by atoms with Gasteiger partial charge in [-0.3, -0.25) is 9.69 Å². The van der Waals surface area contributed by atoms with E-state index in [1.807, 2.05) is 14.1 Å². The van der Waals surface area contributed by atoms with Crippen molar-refractivity contribution in [3.8, 4) is 0 Å². The molecule has 1 atom stereocenters. The highest BCUT2D eigenvalue weighted by molar-refractivity contribution is 5.66. The Morgan fingerprint density at radius 1 is 1.06 bits per heavy atom. The van der Waals surface area contributed by atoms with Gasteiger partial charge in [0, 0.05) is 6.42 Å². The van der Waals surface area contributed by atoms with Gasteiger partial charge in [0.15, 0.2) is 0 Å². The van der Waals surface area contributed by atoms with Gasteiger partial charge in [0.25, 0.3) is 0 Å². The average molecular weight is 261 g/mol. The summed E-state index contributed by atoms with van der Waals surface area (Å²) in [5.74, 6) is -0.663. The summed E-state index contributed by atoms with van der Waals surface area (Å²) in [6.45, 7) is 3.92. The molecule has 110 valence electrons. The third-order valence-electron chi connectivity index (χ3n) is 2.74. The lowest BCUT2D eigenvalue weighted by Gasteiger charge is -2.11. The van der Waals surface area contributed by atoms with E-state index in [-0.39, 0.29) is 6.23 Å². The van der Waals surface area contributed by atoms with Gasteiger partial charge in [0.1, 0.15) is 6.23 Å². The number of aliphatic hydroxyl groups excluding tert-OH is 1. The molecule has 0 bridgehead atoms. The minimum atomic E-state index is -0.663. The monoisotopic (exact) mass is 261 g/mol. The van der Waals surface area contributed by atoms with Gasteiger partial charge in [0.2, 0.25) is 0 Å². The summed E-state index contributed by atoms with van der Waals surface area (Å²) in [6, 6.07) is 0. The van der Waals surface area contributed by atoms with E-state index in [9.17, 15) is 4.79 Å². The van der Waals surface area contributed by atoms with Crippen LogP contribution in [0, 0.1) is 0 Å². The summed E-state index contributed by atoms with van der Waals surface area (Å²) in [5, 5.41) is 16.9. The van der Waals surface area contributed by atoms with Crippen molar-refractivity contribution >= 4 is 5.97 Å². The molecule has 0 heterocycles. The van der Waals surface area contributed by atoms with E-state index in [1.54, 1.807) is 11.8 Å². The highest BCUT2D eigenvalue weighted by atomic mass is 16.4. The number of hydrogen-bond acceptors (Lipinski definition) is 3. The number of rotatable bonds is 9. The molecule has 0 aromatic rings. The molecule has 2 N–H and O–H groups in total. The largest absolute Gasteiger partial charge is 0.481 e. The molecule has 0 amide bonds. The summed E-state index contributed by atoms with van der Waals surface area (Å²) in [5.41, 5.74) is 0. The van der Waals surface area contributed by atoms with Gasteiger partial charge in [0.05, 0.1) is 0 Å². The predicted octanol–water partition coefficient (Wildman–Crippen LogP) is 3.10. The number of carboxylic acid groups (broad SMARTS) is 1. The normalized spacial score (nSPS) is 11.9. The average Bonchev–Trinajstić information content (AvgIpc) is 2.28. The second-order valence-electron chi connectivity index (χ2n) is 4.86. The fourth-order valence-electron chi connectivity index (χ4n) is 1.23. The van der Waals surface area contributed by atoms with Crippen LogP contribution in [0.4, 0.5) is 0 Å². The molecule has 0 aliphatic rings. The number of nitrogens with zero attached hydrogens (tertiary/aromatic N) is 1. The first-order chi connectivity index (χ1) is 8.41. The number of unbranched alkanes of at least 4 members (excludes halogenated alkanes) is 6. The van der Waals surface area contributed by atoms with Crippen LogP contribution in [0.1, 0.15) is 65.2 Å². The van der Waals surface area contributed by atoms with Crippen molar-refractivity contribution in [1.82, 2.24) is 4.90 Å². The minimum Gasteiger partial charge on any atom is -0.481 e. The van der Waals surface area contributed by atoms with Crippen LogP contribution in [0.3, 0.4) is 0 Å². The Balaban J connectivity index is 0. The maximum atomic E-state index is 10.1. The number of aliphatic carboxylic acids is 1. The SMILES string of the molecule is CC(O)N(C)C.CCCCCCCCCC(=O)O. The summed E-state index contributed by atoms with van der Waals surface area (Å²) in [4.78, 5) is 11.9. The lowest BCUT2D eigenvalue weighted by Crippen LogP contribution is -2.23. The van der Waals surface area contributed by atoms with Crippen molar-refractivity contribution in [2.45, 2.75) is 71.4 Å². The van der Waals surface area contributed by atoms with Crippen LogP contribution in [0.5, 0.6) is 0 Å². The van der Waals surface area contributed by atoms with Crippen molar-refractivity contribution in [3.63, 3.8) is 0 Å². The van der Waals surface area contributed by atoms with E-state index >= 15 is 0 Å². The zero-order valence-corrected chi connectivity index (χ0v) is 12.5. The predicted molar refractivity (Wildman–Crippen MR) is 75.6 cm³/mol. The van der Waals surface area contributed by atoms with Gasteiger partial charge in [-0.2, -0.15) is 0 Å². The maximum Gasteiger partial charge on any atom is 0.303 e. The molecule has 18 heavy (non-hydrogen) atoms. The highest BCUT2D eigenvalue weighted by Gasteiger charge is 1.95. The molecule has 4 heteroatoms. The van der Waals surface area contributed by atoms with E-state index in [0.717, 1.165) is 12.8 Å². The first-order valence-corrected chi connectivity index (χ1v) is 6.98. The van der Waals surface area contributed by atoms with E-state index in [4.69, 9.17) is 10.2 Å². The summed E-state index contributed by atoms with van der Waals surface area (Å²) < 4.78 is 0. The van der Waals surface area contributed by atoms with E-state index in [2.05, 4.69) is 6.92 Å². The lowest BCUT2D eigenvalue weighted by atomic mass is 10.1. The van der Waals surface area contributed by atoms with Crippen LogP contribution in [-0.2, 0) is 4.79 Å². The molecule has 0 aliphatic carbocycles. The van der Waals surface area contributed by atoms with Gasteiger partial charge in [-0.1, -0.05) is 45.4 Å². The van der Waals surface area contributed by atoms with Gasteiger partial charge in [-0.25, -0.2) is 0 Å². The Morgan fingerprint density at radius 3 is 1.78 bits per heavy atom. The Labute approximate surface area is 112 Å². The van der Waals surface area contributed by atoms with Crippen molar-refractivity contribution in [2.24, 2.45) is 0 Å². The first kappa shape index (κ1) is 19.7. The minimum absolute atomic E-state index is 0.315. The van der Waals surface area contributed by atoms with Crippen molar-refractivity contribution < 1.29 is 15.0 Å². The zero-order chi connectivity index (χ0) is 14.4. The molecule has 0 saturated carbocycles. The molecular formula is C14H31NO3. The molecule has 0 fully saturated rings. The van der Waals surface area contributed by atoms with Crippen LogP contribution >= 0.6 is 0 Å². The molecule has 4 nitrogen and oxygen atoms in total. The maximum absolute atomic E-state index is 10.1. The van der Waals surface area contributed by atoms with Gasteiger partial charge < -0.3 is 10.2 Å². The third-order valence-corrected chi connectivity index (χ3v) is 2.74. The quantitative estimate of drug-likeness (QED) is 0.494. The zero-order valence-electron chi connectivity index (χ0n) is 12.5. The Kier molecular flexibility index (Phi) is 15.8. The van der Waals surface area contributed by atoms with Crippen LogP contribution in [0.2, 0.25) is 0 Å². The second kappa shape index (κ2) is 14.5. The Bertz CT molecular complexity index is 176. The van der Waals surface area contributed by atoms with E-state index in [0.29, 0.717) is 6.42 Å². The molecular weight excluding hydrogens is 230 g/mol. The van der Waals surface area contributed by atoms with Crippen LogP contribution < -0.4 is 0 Å². The lowest BCUT2D eigenvalue weighted by molar-refractivity contribution is -0.137. The van der Waals surface area contributed by atoms with Crippen LogP contribution in [-0.4, -0.2) is 41.4 Å². The van der Waals surface area contributed by atoms with Crippen LogP contribution in [0.25, 0.3) is 0 Å². The summed E-state index contributed by atoms with van der Waals surface area (Å²) >= 11 is 0. The van der Waals surface area contributed by atoms with Gasteiger partial charge >= 0.3 is 5.97 Å². The second-order valence-corrected chi connectivity index (χ2v) is 4.86. The molecule has 0 saturated heterocycles. The highest BCUT2D eigenvalue weighted by Crippen LogP contribution is 2.07. The number of hydrogen-bond donors (Lipinski definition) is 2. The molecule has 0 aliphatic heterocycles. The number of aliphatic hydroxyl groups is 1. The Hall–Kier alpha value is -0.610. The molecule has 1 unspecified atom stereocenters. The van der Waals surface area contributed by atoms with E-state index in [1.165, 1.54) is 32.1 Å². The molecule has 0 radical (unpaired) electrons. The van der Waals surface area contributed by atoms with Crippen LogP contribution in [0.15, 0.2) is 0 Å². The van der Waals surface area contributed by atoms with Gasteiger partial charge in [-0.15, -0.1) is 0 Å². The fourth-order valence-corrected chi connectivity index (χ4v) is 1.23. The van der Waals surface area contributed by atoms with Crippen molar-refractivity contribution in [1.29, 1.82) is 0 Å². The Morgan fingerprint density at radius 2 is 1.44 bits per heavy atom. The summed E-state index contributed by atoms with van der Waals surface area (Å²) in [7, 11) is 3.65. The summed E-state index contributed by atoms with van der Waals surface area (Å²) in [6.07, 6.45) is 8.33. The van der Waals surface area contributed by atoms with Crippen molar-refractivity contribution in [2.75, 3.05) is 14.1 Å². The molecule has 0 aromatic heterocycles. The topological polar surface area (TPSA) is 60.8 Å². The first-order valence-electron chi connectivity index (χ1n) is 6.98. The molecule has 0 rings (SSSR count). The van der Waals surface area contributed by atoms with Crippen molar-refractivity contribution in [3.05, 3.63) is 0 Å².